The first-order valence-corrected chi connectivity index (χ1v) is 5.86. The molecule has 1 N–H and O–H groups in total. The zero-order valence-electron chi connectivity index (χ0n) is 10.3. The highest BCUT2D eigenvalue weighted by atomic mass is 16.5. The molecule has 1 unspecified atom stereocenters. The van der Waals surface area contributed by atoms with Crippen molar-refractivity contribution in [3.05, 3.63) is 18.2 Å². The third kappa shape index (κ3) is 2.47. The second kappa shape index (κ2) is 5.27. The first-order valence-electron chi connectivity index (χ1n) is 5.86. The van der Waals surface area contributed by atoms with Gasteiger partial charge in [-0.3, -0.25) is 0 Å². The van der Waals surface area contributed by atoms with Gasteiger partial charge in [0, 0.05) is 26.1 Å². The molecular formula is C13H19NO3. The molecule has 0 spiro atoms. The molecular weight excluding hydrogens is 218 g/mol. The third-order valence-corrected chi connectivity index (χ3v) is 3.21. The van der Waals surface area contributed by atoms with Crippen molar-refractivity contribution in [2.75, 3.05) is 38.8 Å². The predicted molar refractivity (Wildman–Crippen MR) is 66.9 cm³/mol. The molecule has 4 heteroatoms. The molecule has 1 saturated heterocycles. The van der Waals surface area contributed by atoms with Gasteiger partial charge in [-0.25, -0.2) is 0 Å². The fourth-order valence-corrected chi connectivity index (χ4v) is 2.39. The summed E-state index contributed by atoms with van der Waals surface area (Å²) in [6, 6.07) is 5.47. The molecule has 1 aliphatic heterocycles. The van der Waals surface area contributed by atoms with E-state index in [9.17, 15) is 5.11 Å². The van der Waals surface area contributed by atoms with Crippen molar-refractivity contribution in [2.24, 2.45) is 5.92 Å². The number of ether oxygens (including phenoxy) is 2. The Kier molecular flexibility index (Phi) is 3.74. The molecule has 1 aromatic carbocycles. The van der Waals surface area contributed by atoms with Gasteiger partial charge < -0.3 is 19.5 Å². The van der Waals surface area contributed by atoms with Gasteiger partial charge in [0.25, 0.3) is 0 Å². The van der Waals surface area contributed by atoms with Crippen molar-refractivity contribution in [1.82, 2.24) is 0 Å². The fraction of sp³-hybridized carbons (Fsp3) is 0.538. The Hall–Kier alpha value is -1.42. The van der Waals surface area contributed by atoms with Gasteiger partial charge in [-0.1, -0.05) is 6.07 Å². The number of nitrogens with zero attached hydrogens (tertiary/aromatic N) is 1. The van der Waals surface area contributed by atoms with E-state index in [2.05, 4.69) is 4.90 Å². The van der Waals surface area contributed by atoms with Crippen LogP contribution < -0.4 is 9.64 Å². The SMILES string of the molecule is COCC1CCN(c2cccc(O)c2OC)C1. The number of phenols is 1. The first-order chi connectivity index (χ1) is 8.26. The third-order valence-electron chi connectivity index (χ3n) is 3.21. The molecule has 1 atom stereocenters. The summed E-state index contributed by atoms with van der Waals surface area (Å²) in [7, 11) is 3.32. The highest BCUT2D eigenvalue weighted by Gasteiger charge is 2.25. The molecule has 2 rings (SSSR count). The summed E-state index contributed by atoms with van der Waals surface area (Å²) in [5.74, 6) is 1.32. The Morgan fingerprint density at radius 1 is 1.41 bits per heavy atom. The van der Waals surface area contributed by atoms with E-state index in [1.807, 2.05) is 12.1 Å². The van der Waals surface area contributed by atoms with Crippen LogP contribution in [-0.4, -0.2) is 39.0 Å². The lowest BCUT2D eigenvalue weighted by molar-refractivity contribution is 0.161. The van der Waals surface area contributed by atoms with E-state index in [0.717, 1.165) is 31.8 Å². The normalized spacial score (nSPS) is 19.6. The average Bonchev–Trinajstić information content (AvgIpc) is 2.78. The number of anilines is 1. The number of aromatic hydroxyl groups is 1. The van der Waals surface area contributed by atoms with E-state index >= 15 is 0 Å². The molecule has 1 heterocycles. The van der Waals surface area contributed by atoms with Crippen molar-refractivity contribution in [2.45, 2.75) is 6.42 Å². The molecule has 1 fully saturated rings. The molecule has 1 aliphatic rings. The van der Waals surface area contributed by atoms with Gasteiger partial charge in [-0.05, 0) is 18.6 Å². The van der Waals surface area contributed by atoms with Crippen molar-refractivity contribution < 1.29 is 14.6 Å². The monoisotopic (exact) mass is 237 g/mol. The molecule has 0 amide bonds. The number of phenolic OH excluding ortho intramolecular Hbond substituents is 1. The Labute approximate surface area is 102 Å². The van der Waals surface area contributed by atoms with Crippen LogP contribution in [0.25, 0.3) is 0 Å². The number of hydrogen-bond donors (Lipinski definition) is 1. The van der Waals surface area contributed by atoms with E-state index in [0.29, 0.717) is 11.7 Å². The van der Waals surface area contributed by atoms with Crippen LogP contribution in [0.5, 0.6) is 11.5 Å². The minimum Gasteiger partial charge on any atom is -0.504 e. The largest absolute Gasteiger partial charge is 0.504 e. The average molecular weight is 237 g/mol. The maximum Gasteiger partial charge on any atom is 0.183 e. The topological polar surface area (TPSA) is 41.9 Å². The highest BCUT2D eigenvalue weighted by Crippen LogP contribution is 2.38. The van der Waals surface area contributed by atoms with Gasteiger partial charge in [-0.15, -0.1) is 0 Å². The lowest BCUT2D eigenvalue weighted by atomic mass is 10.1. The maximum absolute atomic E-state index is 9.74. The van der Waals surface area contributed by atoms with Crippen LogP contribution in [0.2, 0.25) is 0 Å². The van der Waals surface area contributed by atoms with Crippen LogP contribution in [0.15, 0.2) is 18.2 Å². The number of rotatable bonds is 4. The first kappa shape index (κ1) is 12.0. The maximum atomic E-state index is 9.74. The summed E-state index contributed by atoms with van der Waals surface area (Å²) in [5.41, 5.74) is 0.964. The van der Waals surface area contributed by atoms with E-state index in [-0.39, 0.29) is 5.75 Å². The van der Waals surface area contributed by atoms with Crippen LogP contribution in [0, 0.1) is 5.92 Å². The molecule has 0 saturated carbocycles. The Balaban J connectivity index is 2.15. The van der Waals surface area contributed by atoms with Gasteiger partial charge in [0.1, 0.15) is 0 Å². The van der Waals surface area contributed by atoms with Crippen LogP contribution >= 0.6 is 0 Å². The van der Waals surface area contributed by atoms with Crippen molar-refractivity contribution in [3.8, 4) is 11.5 Å². The summed E-state index contributed by atoms with van der Waals surface area (Å²) in [5, 5.41) is 9.74. The number of para-hydroxylation sites is 1. The Morgan fingerprint density at radius 3 is 2.94 bits per heavy atom. The summed E-state index contributed by atoms with van der Waals surface area (Å²) in [4.78, 5) is 2.24. The van der Waals surface area contributed by atoms with Gasteiger partial charge >= 0.3 is 0 Å². The molecule has 94 valence electrons. The van der Waals surface area contributed by atoms with Crippen LogP contribution in [0.1, 0.15) is 6.42 Å². The summed E-state index contributed by atoms with van der Waals surface area (Å²) in [6.45, 7) is 2.72. The van der Waals surface area contributed by atoms with Gasteiger partial charge in [0.2, 0.25) is 0 Å². The Morgan fingerprint density at radius 2 is 2.24 bits per heavy atom. The van der Waals surface area contributed by atoms with Crippen LogP contribution in [-0.2, 0) is 4.74 Å². The van der Waals surface area contributed by atoms with Gasteiger partial charge in [0.15, 0.2) is 11.5 Å². The molecule has 1 aromatic rings. The van der Waals surface area contributed by atoms with Crippen molar-refractivity contribution in [1.29, 1.82) is 0 Å². The summed E-state index contributed by atoms with van der Waals surface area (Å²) in [6.07, 6.45) is 1.12. The quantitative estimate of drug-likeness (QED) is 0.868. The second-order valence-electron chi connectivity index (χ2n) is 4.39. The van der Waals surface area contributed by atoms with Crippen LogP contribution in [0.3, 0.4) is 0 Å². The van der Waals surface area contributed by atoms with E-state index in [1.165, 1.54) is 0 Å². The standard InChI is InChI=1S/C13H19NO3/c1-16-9-10-6-7-14(8-10)11-4-3-5-12(15)13(11)17-2/h3-5,10,15H,6-9H2,1-2H3. The fourth-order valence-electron chi connectivity index (χ4n) is 2.39. The molecule has 4 nitrogen and oxygen atoms in total. The lowest BCUT2D eigenvalue weighted by Gasteiger charge is -2.21. The molecule has 0 radical (unpaired) electrons. The zero-order chi connectivity index (χ0) is 12.3. The molecule has 17 heavy (non-hydrogen) atoms. The molecule has 0 aromatic heterocycles. The summed E-state index contributed by atoms with van der Waals surface area (Å²) < 4.78 is 10.4. The lowest BCUT2D eigenvalue weighted by Crippen LogP contribution is -2.21. The second-order valence-corrected chi connectivity index (χ2v) is 4.39. The minimum absolute atomic E-state index is 0.195. The number of hydrogen-bond acceptors (Lipinski definition) is 4. The molecule has 0 bridgehead atoms. The smallest absolute Gasteiger partial charge is 0.183 e. The number of benzene rings is 1. The number of methoxy groups -OCH3 is 2. The molecule has 0 aliphatic carbocycles. The predicted octanol–water partition coefficient (Wildman–Crippen LogP) is 1.87. The van der Waals surface area contributed by atoms with Gasteiger partial charge in [-0.2, -0.15) is 0 Å². The zero-order valence-corrected chi connectivity index (χ0v) is 10.3. The van der Waals surface area contributed by atoms with E-state index in [4.69, 9.17) is 9.47 Å². The van der Waals surface area contributed by atoms with Crippen molar-refractivity contribution >= 4 is 5.69 Å². The van der Waals surface area contributed by atoms with Crippen molar-refractivity contribution in [3.63, 3.8) is 0 Å². The summed E-state index contributed by atoms with van der Waals surface area (Å²) >= 11 is 0. The van der Waals surface area contributed by atoms with Crippen LogP contribution in [0.4, 0.5) is 5.69 Å². The highest BCUT2D eigenvalue weighted by molar-refractivity contribution is 5.64. The van der Waals surface area contributed by atoms with Gasteiger partial charge in [0.05, 0.1) is 19.4 Å². The van der Waals surface area contributed by atoms with E-state index in [1.54, 1.807) is 20.3 Å². The van der Waals surface area contributed by atoms with E-state index < -0.39 is 0 Å². The minimum atomic E-state index is 0.195. The Bertz CT molecular complexity index is 381.